The molecule has 157 valence electrons. The monoisotopic (exact) mass is 453 g/mol. The molecule has 6 nitrogen and oxygen atoms in total. The maximum Gasteiger partial charge on any atom is 1.00 e. The zero-order valence-corrected chi connectivity index (χ0v) is 18.9. The number of nitrogens with zero attached hydrogens (tertiary/aromatic N) is 2. The maximum atomic E-state index is 11.1. The van der Waals surface area contributed by atoms with Crippen molar-refractivity contribution < 1.29 is 39.7 Å². The van der Waals surface area contributed by atoms with Gasteiger partial charge in [0.15, 0.2) is 0 Å². The van der Waals surface area contributed by atoms with Gasteiger partial charge in [0.25, 0.3) is 0 Å². The fourth-order valence-corrected chi connectivity index (χ4v) is 2.71. The van der Waals surface area contributed by atoms with Crippen LogP contribution in [0.1, 0.15) is 41.3 Å². The predicted molar refractivity (Wildman–Crippen MR) is 117 cm³/mol. The van der Waals surface area contributed by atoms with Gasteiger partial charge >= 0.3 is 24.8 Å². The van der Waals surface area contributed by atoms with Crippen molar-refractivity contribution in [3.05, 3.63) is 68.7 Å². The van der Waals surface area contributed by atoms with Crippen LogP contribution in [0, 0.1) is 22.7 Å². The number of esters is 1. The van der Waals surface area contributed by atoms with Crippen LogP contribution in [-0.2, 0) is 16.1 Å². The van der Waals surface area contributed by atoms with Crippen molar-refractivity contribution in [2.45, 2.75) is 19.4 Å². The third kappa shape index (κ3) is 10.3. The smallest absolute Gasteiger partial charge is 1.00 e. The molecule has 2 aromatic rings. The minimum atomic E-state index is -0.556. The predicted octanol–water partition coefficient (Wildman–Crippen LogP) is 1.23. The van der Waals surface area contributed by atoms with Gasteiger partial charge in [0, 0.05) is 21.6 Å². The van der Waals surface area contributed by atoms with Crippen molar-refractivity contribution in [1.82, 2.24) is 0 Å². The van der Waals surface area contributed by atoms with E-state index in [1.807, 2.05) is 12.1 Å². The number of aliphatic hydroxyl groups is 1. The Morgan fingerprint density at radius 3 is 2.00 bits per heavy atom. The summed E-state index contributed by atoms with van der Waals surface area (Å²) >= 11 is 11.4. The van der Waals surface area contributed by atoms with Gasteiger partial charge in [-0.3, -0.25) is 0 Å². The molecule has 0 atom stereocenters. The van der Waals surface area contributed by atoms with E-state index in [-0.39, 0.29) is 51.5 Å². The van der Waals surface area contributed by atoms with Crippen LogP contribution in [0.4, 0.5) is 0 Å². The number of nitriles is 2. The molecule has 31 heavy (non-hydrogen) atoms. The molecule has 0 aliphatic carbocycles. The van der Waals surface area contributed by atoms with E-state index < -0.39 is 5.97 Å². The molecule has 1 heterocycles. The molecule has 10 heteroatoms. The Morgan fingerprint density at radius 2 is 1.61 bits per heavy atom. The Bertz CT molecular complexity index is 912. The number of halogens is 2. The number of carbonyl (C=O) groups is 1. The van der Waals surface area contributed by atoms with Gasteiger partial charge in [-0.05, 0) is 36.6 Å². The van der Waals surface area contributed by atoms with E-state index in [1.165, 1.54) is 26.0 Å². The second-order valence-corrected chi connectivity index (χ2v) is 6.44. The molecule has 0 aromatic heterocycles. The largest absolute Gasteiger partial charge is 1.00 e. The molecular weight excluding hydrogens is 433 g/mol. The fraction of sp³-hybridized carbons (Fsp3) is 0.286. The summed E-state index contributed by atoms with van der Waals surface area (Å²) < 4.78 is 9.43. The van der Waals surface area contributed by atoms with E-state index >= 15 is 0 Å². The first kappa shape index (κ1) is 31.2. The Morgan fingerprint density at radius 1 is 1.10 bits per heavy atom. The van der Waals surface area contributed by atoms with Gasteiger partial charge in [0.05, 0.1) is 40.5 Å². The van der Waals surface area contributed by atoms with E-state index in [9.17, 15) is 4.79 Å². The van der Waals surface area contributed by atoms with Crippen LogP contribution in [0.2, 0.25) is 10.0 Å². The van der Waals surface area contributed by atoms with Gasteiger partial charge in [0.1, 0.15) is 12.1 Å². The number of benzene rings is 2. The molecule has 2 aromatic carbocycles. The third-order valence-electron chi connectivity index (χ3n) is 3.74. The molecule has 0 bridgehead atoms. The number of aliphatic hydroxyl groups excluding tert-OH is 1. The first-order chi connectivity index (χ1) is 14.0. The number of methoxy groups -OCH3 is 1. The van der Waals surface area contributed by atoms with E-state index in [0.717, 1.165) is 13.2 Å². The Balaban J connectivity index is -0.000000404. The second-order valence-electron chi connectivity index (χ2n) is 5.63. The van der Waals surface area contributed by atoms with Crippen LogP contribution in [0.5, 0.6) is 0 Å². The Labute approximate surface area is 207 Å². The molecule has 1 fully saturated rings. The van der Waals surface area contributed by atoms with Crippen molar-refractivity contribution >= 4 is 37.6 Å². The van der Waals surface area contributed by atoms with Crippen molar-refractivity contribution in [2.24, 2.45) is 0 Å². The van der Waals surface area contributed by atoms with E-state index in [4.69, 9.17) is 43.6 Å². The normalized spacial score (nSPS) is 10.9. The van der Waals surface area contributed by atoms with Crippen molar-refractivity contribution in [1.29, 1.82) is 10.5 Å². The van der Waals surface area contributed by atoms with Crippen molar-refractivity contribution in [2.75, 3.05) is 20.3 Å². The molecule has 1 aliphatic heterocycles. The minimum Gasteiger partial charge on any atom is -1.00 e. The van der Waals surface area contributed by atoms with Gasteiger partial charge in [0.2, 0.25) is 0 Å². The van der Waals surface area contributed by atoms with Gasteiger partial charge in [-0.2, -0.15) is 10.5 Å². The number of hydrogen-bond acceptors (Lipinski definition) is 6. The van der Waals surface area contributed by atoms with Crippen molar-refractivity contribution in [3.8, 4) is 12.1 Å². The summed E-state index contributed by atoms with van der Waals surface area (Å²) in [5, 5.41) is 26.7. The molecule has 0 spiro atoms. The molecule has 3 radical (unpaired) electrons. The number of ether oxygens (including phenoxy) is 2. The van der Waals surface area contributed by atoms with Gasteiger partial charge in [-0.25, -0.2) is 4.79 Å². The average Bonchev–Trinajstić information content (AvgIpc) is 3.33. The molecule has 1 saturated heterocycles. The number of rotatable bonds is 2. The average molecular weight is 454 g/mol. The van der Waals surface area contributed by atoms with E-state index in [2.05, 4.69) is 4.74 Å². The molecule has 3 rings (SSSR count). The molecule has 1 N–H and O–H groups in total. The second kappa shape index (κ2) is 17.7. The quantitative estimate of drug-likeness (QED) is 0.541. The van der Waals surface area contributed by atoms with E-state index in [1.54, 1.807) is 30.3 Å². The summed E-state index contributed by atoms with van der Waals surface area (Å²) in [7, 11) is 1.25. The standard InChI is InChI=1S/C9H6ClNO2.C8H6ClNO.C4H8O.B.Li.H/c1-13-9(12)6-3-2-4-8(10)7(6)5-11;9-8-3-1-2-6(5-11)7(8)4-10;1-2-4-5-3-1;;;/h2-4H,1H3;1-3,11H,5H2;1-4H2;;;/q;;;;+1;-1. The summed E-state index contributed by atoms with van der Waals surface area (Å²) in [4.78, 5) is 11.1. The zero-order chi connectivity index (χ0) is 21.6. The summed E-state index contributed by atoms with van der Waals surface area (Å²) in [5.74, 6) is -0.556. The van der Waals surface area contributed by atoms with Crippen LogP contribution in [-0.4, -0.2) is 39.8 Å². The van der Waals surface area contributed by atoms with Gasteiger partial charge in [-0.15, -0.1) is 0 Å². The van der Waals surface area contributed by atoms with Gasteiger partial charge < -0.3 is 16.0 Å². The first-order valence-electron chi connectivity index (χ1n) is 8.63. The summed E-state index contributed by atoms with van der Waals surface area (Å²) in [6.07, 6.45) is 2.56. The van der Waals surface area contributed by atoms with Crippen LogP contribution in [0.15, 0.2) is 36.4 Å². The topological polar surface area (TPSA) is 103 Å². The Kier molecular flexibility index (Phi) is 17.8. The van der Waals surface area contributed by atoms with Crippen LogP contribution >= 0.6 is 23.2 Å². The summed E-state index contributed by atoms with van der Waals surface area (Å²) in [6.45, 7) is 1.85. The summed E-state index contributed by atoms with van der Waals surface area (Å²) in [6, 6.07) is 13.4. The summed E-state index contributed by atoms with van der Waals surface area (Å²) in [5.41, 5.74) is 1.27. The molecule has 0 amide bonds. The molecule has 0 saturated carbocycles. The fourth-order valence-electron chi connectivity index (χ4n) is 2.25. The molecular formula is C21H21BCl2LiN2O4. The number of carbonyl (C=O) groups excluding carboxylic acids is 1. The Hall–Kier alpha value is -1.95. The SMILES string of the molecule is C1CCOC1.COC(=O)c1cccc(Cl)c1C#N.N#Cc1c(Cl)cccc1CO.[B].[H-].[Li+]. The van der Waals surface area contributed by atoms with Crippen molar-refractivity contribution in [3.63, 3.8) is 0 Å². The first-order valence-corrected chi connectivity index (χ1v) is 9.38. The van der Waals surface area contributed by atoms with Gasteiger partial charge in [-0.1, -0.05) is 41.4 Å². The molecule has 1 aliphatic rings. The number of hydrogen-bond donors (Lipinski definition) is 1. The van der Waals surface area contributed by atoms with Crippen LogP contribution < -0.4 is 18.9 Å². The molecule has 0 unspecified atom stereocenters. The zero-order valence-electron chi connectivity index (χ0n) is 18.4. The maximum absolute atomic E-state index is 11.1. The van der Waals surface area contributed by atoms with Crippen LogP contribution in [0.25, 0.3) is 0 Å². The third-order valence-corrected chi connectivity index (χ3v) is 4.37. The van der Waals surface area contributed by atoms with E-state index in [0.29, 0.717) is 16.1 Å². The minimum absolute atomic E-state index is 0. The van der Waals surface area contributed by atoms with Crippen LogP contribution in [0.3, 0.4) is 0 Å².